The maximum Gasteiger partial charge on any atom is 0.258 e. The summed E-state index contributed by atoms with van der Waals surface area (Å²) in [4.78, 5) is 51.9. The molecule has 16 heteroatoms. The second-order valence-electron chi connectivity index (χ2n) is 12.3. The van der Waals surface area contributed by atoms with Gasteiger partial charge in [-0.2, -0.15) is 0 Å². The van der Waals surface area contributed by atoms with Gasteiger partial charge in [-0.15, -0.1) is 23.2 Å². The minimum Gasteiger partial charge on any atom is -0.502 e. The van der Waals surface area contributed by atoms with Crippen LogP contribution in [-0.2, 0) is 19.2 Å². The van der Waals surface area contributed by atoms with Crippen molar-refractivity contribution in [3.05, 3.63) is 88.8 Å². The van der Waals surface area contributed by atoms with Gasteiger partial charge in [0.2, 0.25) is 23.4 Å². The largest absolute Gasteiger partial charge is 0.502 e. The summed E-state index contributed by atoms with van der Waals surface area (Å²) in [6, 6.07) is 10.5. The fourth-order valence-electron chi connectivity index (χ4n) is 7.85. The molecule has 1 saturated carbocycles. The van der Waals surface area contributed by atoms with Crippen molar-refractivity contribution < 1.29 is 55.7 Å². The van der Waals surface area contributed by atoms with Gasteiger partial charge in [-0.1, -0.05) is 29.8 Å². The van der Waals surface area contributed by atoms with E-state index in [9.17, 15) is 37.5 Å². The van der Waals surface area contributed by atoms with Gasteiger partial charge in [0.1, 0.15) is 5.69 Å². The van der Waals surface area contributed by atoms with E-state index in [0.717, 1.165) is 4.90 Å². The molecule has 7 rings (SSSR count). The van der Waals surface area contributed by atoms with E-state index in [0.29, 0.717) is 0 Å². The monoisotopic (exact) mass is 736 g/mol. The van der Waals surface area contributed by atoms with Crippen molar-refractivity contribution in [2.45, 2.75) is 28.5 Å². The number of amides is 4. The summed E-state index contributed by atoms with van der Waals surface area (Å²) in [5.74, 6) is -22.5. The minimum atomic E-state index is -2.75. The highest BCUT2D eigenvalue weighted by Gasteiger charge is 2.77. The smallest absolute Gasteiger partial charge is 0.258 e. The number of allylic oxidation sites excluding steroid dienone is 2. The van der Waals surface area contributed by atoms with E-state index < -0.39 is 104 Å². The third-order valence-electron chi connectivity index (χ3n) is 10.1. The van der Waals surface area contributed by atoms with Crippen LogP contribution in [0.5, 0.6) is 17.2 Å². The molecular weight excluding hydrogens is 714 g/mol. The minimum absolute atomic E-state index is 0.00280. The van der Waals surface area contributed by atoms with Gasteiger partial charge in [0, 0.05) is 5.92 Å². The number of phenolic OH excluding ortho intramolecular Hbond substituents is 1. The Bertz CT molecular complexity index is 2030. The molecule has 1 N–H and O–H groups in total. The normalized spacial score (nSPS) is 28.8. The Kier molecular flexibility index (Phi) is 7.72. The van der Waals surface area contributed by atoms with Crippen LogP contribution in [0.3, 0.4) is 0 Å². The number of para-hydroxylation sites is 1. The number of hydrogen-bond donors (Lipinski definition) is 1. The van der Waals surface area contributed by atoms with Crippen LogP contribution >= 0.6 is 23.2 Å². The van der Waals surface area contributed by atoms with E-state index in [4.69, 9.17) is 32.7 Å². The molecule has 0 bridgehead atoms. The first kappa shape index (κ1) is 33.8. The summed E-state index contributed by atoms with van der Waals surface area (Å²) in [6.45, 7) is 0. The fourth-order valence-corrected chi connectivity index (χ4v) is 8.79. The maximum absolute atomic E-state index is 15.2. The lowest BCUT2D eigenvalue weighted by molar-refractivity contribution is -0.125. The number of benzene rings is 3. The average Bonchev–Trinajstić information content (AvgIpc) is 3.45. The average molecular weight is 737 g/mol. The van der Waals surface area contributed by atoms with Crippen molar-refractivity contribution in [1.29, 1.82) is 0 Å². The number of nitrogens with zero attached hydrogens (tertiary/aromatic N) is 2. The molecule has 4 amide bonds. The van der Waals surface area contributed by atoms with Gasteiger partial charge in [-0.3, -0.25) is 24.1 Å². The number of carbonyl (C=O) groups is 4. The van der Waals surface area contributed by atoms with E-state index in [1.54, 1.807) is 36.4 Å². The number of alkyl halides is 2. The number of halogens is 7. The molecule has 0 radical (unpaired) electrons. The second kappa shape index (κ2) is 11.4. The number of anilines is 2. The van der Waals surface area contributed by atoms with Crippen LogP contribution in [0.2, 0.25) is 0 Å². The molecule has 9 nitrogen and oxygen atoms in total. The SMILES string of the molecule is COc1cc([C@H]2C3=CC[C@@H]4C(=O)N(c5ccccc5)C(=O)[C@@H]4[C@@H]3C[C@@]3(Cl)C(=O)N(c4c(F)c(F)c(F)c(F)c4F)C(=O)[C@@]23Cl)cc(OC)c1O. The summed E-state index contributed by atoms with van der Waals surface area (Å²) < 4.78 is 84.0. The molecule has 4 aliphatic rings. The number of imide groups is 2. The van der Waals surface area contributed by atoms with E-state index in [1.807, 2.05) is 0 Å². The number of ether oxygens (including phenoxy) is 2. The maximum atomic E-state index is 15.2. The van der Waals surface area contributed by atoms with Gasteiger partial charge in [0.05, 0.1) is 31.7 Å². The Morgan fingerprint density at radius 1 is 0.780 bits per heavy atom. The van der Waals surface area contributed by atoms with Gasteiger partial charge >= 0.3 is 0 Å². The summed E-state index contributed by atoms with van der Waals surface area (Å²) in [6.07, 6.45) is 0.854. The molecule has 50 heavy (non-hydrogen) atoms. The summed E-state index contributed by atoms with van der Waals surface area (Å²) in [5.41, 5.74) is -1.38. The molecule has 3 aromatic rings. The molecule has 2 saturated heterocycles. The lowest BCUT2D eigenvalue weighted by atomic mass is 9.56. The van der Waals surface area contributed by atoms with Crippen molar-refractivity contribution in [2.24, 2.45) is 17.8 Å². The number of rotatable bonds is 5. The van der Waals surface area contributed by atoms with Crippen molar-refractivity contribution >= 4 is 58.2 Å². The molecular formula is C34H23Cl2F5N2O7. The van der Waals surface area contributed by atoms with Crippen LogP contribution in [0.1, 0.15) is 24.3 Å². The Labute approximate surface area is 289 Å². The van der Waals surface area contributed by atoms with Gasteiger partial charge in [0.25, 0.3) is 11.8 Å². The van der Waals surface area contributed by atoms with E-state index >= 15 is 8.78 Å². The van der Waals surface area contributed by atoms with E-state index in [2.05, 4.69) is 0 Å². The Morgan fingerprint density at radius 3 is 1.90 bits per heavy atom. The number of methoxy groups -OCH3 is 2. The van der Waals surface area contributed by atoms with Crippen LogP contribution in [0, 0.1) is 46.8 Å². The zero-order valence-corrected chi connectivity index (χ0v) is 27.3. The topological polar surface area (TPSA) is 113 Å². The number of fused-ring (bicyclic) bond motifs is 4. The molecule has 2 aliphatic heterocycles. The molecule has 6 atom stereocenters. The Balaban J connectivity index is 1.47. The zero-order chi connectivity index (χ0) is 36.2. The van der Waals surface area contributed by atoms with Gasteiger partial charge < -0.3 is 14.6 Å². The van der Waals surface area contributed by atoms with Crippen molar-refractivity contribution in [3.63, 3.8) is 0 Å². The summed E-state index contributed by atoms with van der Waals surface area (Å²) in [7, 11) is 2.40. The molecule has 260 valence electrons. The van der Waals surface area contributed by atoms with E-state index in [-0.39, 0.29) is 39.6 Å². The quantitative estimate of drug-likeness (QED) is 0.0871. The summed E-state index contributed by atoms with van der Waals surface area (Å²) in [5, 5.41) is 10.7. The highest BCUT2D eigenvalue weighted by Crippen LogP contribution is 2.66. The third-order valence-corrected chi connectivity index (χ3v) is 11.5. The molecule has 0 aromatic heterocycles. The highest BCUT2D eigenvalue weighted by atomic mass is 35.5. The molecule has 2 heterocycles. The number of phenols is 1. The van der Waals surface area contributed by atoms with Crippen molar-refractivity contribution in [1.82, 2.24) is 0 Å². The standard InChI is InChI=1S/C34H23Cl2F5N2O7/c1-49-18-10-13(11-19(50-2)28(18)44)21-15-8-9-16-20(30(46)42(29(16)45)14-6-4-3-5-7-14)17(15)12-33(35)31(47)43(32(48)34(21,33)36)27-25(40)23(38)22(37)24(39)26(27)41/h3-8,10-11,16-17,20-21,44H,9,12H2,1-2H3/t16-,17+,20-,21-,33+,34-/m0/s1. The zero-order valence-electron chi connectivity index (χ0n) is 25.8. The Hall–Kier alpha value is -4.69. The molecule has 2 aliphatic carbocycles. The van der Waals surface area contributed by atoms with Crippen LogP contribution in [-0.4, -0.2) is 52.7 Å². The Morgan fingerprint density at radius 2 is 1.34 bits per heavy atom. The molecule has 0 spiro atoms. The van der Waals surface area contributed by atoms with Crippen LogP contribution in [0.25, 0.3) is 0 Å². The number of hydrogen-bond acceptors (Lipinski definition) is 7. The predicted octanol–water partition coefficient (Wildman–Crippen LogP) is 5.87. The highest BCUT2D eigenvalue weighted by molar-refractivity contribution is 6.58. The van der Waals surface area contributed by atoms with E-state index in [1.165, 1.54) is 26.4 Å². The van der Waals surface area contributed by atoms with Crippen LogP contribution < -0.4 is 19.3 Å². The van der Waals surface area contributed by atoms with Gasteiger partial charge in [0.15, 0.2) is 44.5 Å². The second-order valence-corrected chi connectivity index (χ2v) is 13.6. The third kappa shape index (κ3) is 4.17. The lowest BCUT2D eigenvalue weighted by Crippen LogP contribution is -2.60. The number of carbonyl (C=O) groups excluding carboxylic acids is 4. The summed E-state index contributed by atoms with van der Waals surface area (Å²) >= 11 is 14.3. The lowest BCUT2D eigenvalue weighted by Gasteiger charge is -2.50. The van der Waals surface area contributed by atoms with Crippen LogP contribution in [0.4, 0.5) is 33.3 Å². The fraction of sp³-hybridized carbons (Fsp3) is 0.294. The van der Waals surface area contributed by atoms with Gasteiger partial charge in [-0.25, -0.2) is 26.9 Å². The first-order valence-electron chi connectivity index (χ1n) is 15.0. The van der Waals surface area contributed by atoms with Crippen molar-refractivity contribution in [2.75, 3.05) is 24.0 Å². The molecule has 3 aromatic carbocycles. The van der Waals surface area contributed by atoms with Gasteiger partial charge in [-0.05, 0) is 48.6 Å². The first-order valence-corrected chi connectivity index (χ1v) is 15.8. The first-order chi connectivity index (χ1) is 23.6. The molecule has 3 fully saturated rings. The predicted molar refractivity (Wildman–Crippen MR) is 167 cm³/mol. The molecule has 0 unspecified atom stereocenters. The number of aromatic hydroxyl groups is 1. The van der Waals surface area contributed by atoms with Crippen molar-refractivity contribution in [3.8, 4) is 17.2 Å². The van der Waals surface area contributed by atoms with Crippen LogP contribution in [0.15, 0.2) is 54.1 Å².